The maximum Gasteiger partial charge on any atom is 0.339 e. The number of carbonyl (C=O) groups excluding carboxylic acids is 3. The standard InChI is InChI=1S/C19H26O7/c1-10-6-5-7-18(4)16(26-18)15-14(13(8-10)24-12(3)21)19(23,9-11(2)20)17(22)25-15/h6,13-16,23H,5,7-9H2,1-4H3/b10-6+/t13-,14-,15+,16-,18-,19-/m1/s1. The van der Waals surface area contributed by atoms with Crippen LogP contribution in [0.4, 0.5) is 0 Å². The fourth-order valence-corrected chi connectivity index (χ4v) is 4.38. The molecule has 3 aliphatic rings. The van der Waals surface area contributed by atoms with Crippen LogP contribution in [0.5, 0.6) is 0 Å². The molecule has 0 aromatic rings. The third-order valence-corrected chi connectivity index (χ3v) is 5.63. The molecule has 7 heteroatoms. The van der Waals surface area contributed by atoms with Gasteiger partial charge >= 0.3 is 11.9 Å². The molecule has 0 aromatic carbocycles. The Morgan fingerprint density at radius 2 is 2.08 bits per heavy atom. The molecule has 3 rings (SSSR count). The second-order valence-corrected chi connectivity index (χ2v) is 7.99. The van der Waals surface area contributed by atoms with Crippen molar-refractivity contribution in [2.45, 2.75) is 82.9 Å². The van der Waals surface area contributed by atoms with Crippen LogP contribution in [-0.4, -0.2) is 52.3 Å². The molecule has 2 heterocycles. The second-order valence-electron chi connectivity index (χ2n) is 7.99. The molecule has 0 amide bonds. The minimum Gasteiger partial charge on any atom is -0.462 e. The summed E-state index contributed by atoms with van der Waals surface area (Å²) in [5.41, 5.74) is -1.50. The minimum absolute atomic E-state index is 0.337. The van der Waals surface area contributed by atoms with Gasteiger partial charge in [-0.05, 0) is 33.6 Å². The molecule has 0 aromatic heterocycles. The van der Waals surface area contributed by atoms with E-state index in [1.54, 1.807) is 0 Å². The fourth-order valence-electron chi connectivity index (χ4n) is 4.38. The first-order valence-corrected chi connectivity index (χ1v) is 9.00. The first-order chi connectivity index (χ1) is 12.1. The molecule has 0 bridgehead atoms. The van der Waals surface area contributed by atoms with Gasteiger partial charge in [-0.1, -0.05) is 11.6 Å². The molecule has 6 atom stereocenters. The number of ether oxygens (including phenoxy) is 3. The number of hydrogen-bond acceptors (Lipinski definition) is 7. The molecule has 2 aliphatic heterocycles. The smallest absolute Gasteiger partial charge is 0.339 e. The van der Waals surface area contributed by atoms with Crippen LogP contribution in [0, 0.1) is 5.92 Å². The van der Waals surface area contributed by atoms with E-state index < -0.39 is 41.3 Å². The van der Waals surface area contributed by atoms with E-state index in [2.05, 4.69) is 6.08 Å². The van der Waals surface area contributed by atoms with Crippen molar-refractivity contribution in [3.8, 4) is 0 Å². The zero-order chi connectivity index (χ0) is 19.3. The van der Waals surface area contributed by atoms with Gasteiger partial charge in [0.15, 0.2) is 5.60 Å². The van der Waals surface area contributed by atoms with Crippen molar-refractivity contribution in [2.24, 2.45) is 5.92 Å². The van der Waals surface area contributed by atoms with Gasteiger partial charge in [-0.15, -0.1) is 0 Å². The molecular weight excluding hydrogens is 340 g/mol. The lowest BCUT2D eigenvalue weighted by atomic mass is 9.74. The number of allylic oxidation sites excluding steroid dienone is 1. The Morgan fingerprint density at radius 3 is 2.69 bits per heavy atom. The van der Waals surface area contributed by atoms with Crippen LogP contribution in [-0.2, 0) is 28.6 Å². The summed E-state index contributed by atoms with van der Waals surface area (Å²) in [6, 6.07) is 0. The van der Waals surface area contributed by atoms with Crippen LogP contribution < -0.4 is 0 Å². The second kappa shape index (κ2) is 6.46. The summed E-state index contributed by atoms with van der Waals surface area (Å²) in [6.07, 6.45) is 1.68. The highest BCUT2D eigenvalue weighted by Crippen LogP contribution is 2.52. The molecule has 0 saturated carbocycles. The van der Waals surface area contributed by atoms with Crippen LogP contribution in [0.2, 0.25) is 0 Å². The summed E-state index contributed by atoms with van der Waals surface area (Å²) in [6.45, 7) is 6.45. The van der Waals surface area contributed by atoms with Crippen molar-refractivity contribution in [2.75, 3.05) is 0 Å². The van der Waals surface area contributed by atoms with E-state index in [0.29, 0.717) is 6.42 Å². The van der Waals surface area contributed by atoms with Crippen LogP contribution >= 0.6 is 0 Å². The van der Waals surface area contributed by atoms with Gasteiger partial charge in [-0.25, -0.2) is 4.79 Å². The van der Waals surface area contributed by atoms with Gasteiger partial charge in [0.25, 0.3) is 0 Å². The first-order valence-electron chi connectivity index (χ1n) is 9.00. The Hall–Kier alpha value is -1.73. The first kappa shape index (κ1) is 19.0. The zero-order valence-corrected chi connectivity index (χ0v) is 15.6. The molecular formula is C19H26O7. The van der Waals surface area contributed by atoms with Gasteiger partial charge in [-0.2, -0.15) is 0 Å². The van der Waals surface area contributed by atoms with Gasteiger partial charge in [0.2, 0.25) is 0 Å². The van der Waals surface area contributed by atoms with Crippen molar-refractivity contribution >= 4 is 17.7 Å². The molecule has 0 unspecified atom stereocenters. The Bertz CT molecular complexity index is 669. The number of hydrogen-bond donors (Lipinski definition) is 1. The van der Waals surface area contributed by atoms with Crippen molar-refractivity contribution in [1.29, 1.82) is 0 Å². The Morgan fingerprint density at radius 1 is 1.38 bits per heavy atom. The zero-order valence-electron chi connectivity index (χ0n) is 15.6. The van der Waals surface area contributed by atoms with Gasteiger partial charge in [0.1, 0.15) is 24.1 Å². The summed E-state index contributed by atoms with van der Waals surface area (Å²) in [5, 5.41) is 11.1. The quantitative estimate of drug-likeness (QED) is 0.458. The van der Waals surface area contributed by atoms with Crippen molar-refractivity contribution in [1.82, 2.24) is 0 Å². The molecule has 0 spiro atoms. The molecule has 2 fully saturated rings. The Kier molecular flexibility index (Phi) is 4.73. The van der Waals surface area contributed by atoms with E-state index in [4.69, 9.17) is 14.2 Å². The predicted molar refractivity (Wildman–Crippen MR) is 90.1 cm³/mol. The lowest BCUT2D eigenvalue weighted by Gasteiger charge is -2.33. The SMILES string of the molecule is CC(=O)C[C@]1(O)C(=O)O[C@H]2[C@H]1[C@H](OC(C)=O)C/C(C)=C/CC[C@@]1(C)O[C@H]21. The van der Waals surface area contributed by atoms with Crippen LogP contribution in [0.15, 0.2) is 11.6 Å². The lowest BCUT2D eigenvalue weighted by Crippen LogP contribution is -2.51. The normalized spacial score (nSPS) is 44.0. The number of ketones is 1. The van der Waals surface area contributed by atoms with Gasteiger partial charge in [0, 0.05) is 19.8 Å². The Labute approximate surface area is 152 Å². The molecule has 144 valence electrons. The van der Waals surface area contributed by atoms with Crippen LogP contribution in [0.1, 0.15) is 53.4 Å². The predicted octanol–water partition coefficient (Wildman–Crippen LogP) is 1.46. The topological polar surface area (TPSA) is 102 Å². The van der Waals surface area contributed by atoms with E-state index in [-0.39, 0.29) is 18.3 Å². The lowest BCUT2D eigenvalue weighted by molar-refractivity contribution is -0.163. The number of Topliss-reactive ketones (excluding diaryl/α,β-unsaturated/α-hetero) is 1. The average molecular weight is 366 g/mol. The fraction of sp³-hybridized carbons (Fsp3) is 0.737. The number of esters is 2. The van der Waals surface area contributed by atoms with Crippen molar-refractivity contribution < 1.29 is 33.7 Å². The number of epoxide rings is 1. The largest absolute Gasteiger partial charge is 0.462 e. The van der Waals surface area contributed by atoms with E-state index in [9.17, 15) is 19.5 Å². The van der Waals surface area contributed by atoms with Gasteiger partial charge in [-0.3, -0.25) is 9.59 Å². The van der Waals surface area contributed by atoms with E-state index in [1.165, 1.54) is 13.8 Å². The summed E-state index contributed by atoms with van der Waals surface area (Å²) < 4.78 is 16.8. The van der Waals surface area contributed by atoms with Crippen molar-refractivity contribution in [3.63, 3.8) is 0 Å². The summed E-state index contributed by atoms with van der Waals surface area (Å²) >= 11 is 0. The van der Waals surface area contributed by atoms with E-state index >= 15 is 0 Å². The molecule has 1 aliphatic carbocycles. The third kappa shape index (κ3) is 3.30. The highest BCUT2D eigenvalue weighted by molar-refractivity contribution is 5.90. The maximum absolute atomic E-state index is 12.5. The summed E-state index contributed by atoms with van der Waals surface area (Å²) in [5.74, 6) is -2.56. The highest BCUT2D eigenvalue weighted by Gasteiger charge is 2.69. The van der Waals surface area contributed by atoms with E-state index in [1.807, 2.05) is 13.8 Å². The molecule has 26 heavy (non-hydrogen) atoms. The van der Waals surface area contributed by atoms with Gasteiger partial charge in [0.05, 0.1) is 11.5 Å². The molecule has 7 nitrogen and oxygen atoms in total. The number of fused-ring (bicyclic) bond motifs is 3. The summed E-state index contributed by atoms with van der Waals surface area (Å²) in [7, 11) is 0. The Balaban J connectivity index is 2.05. The van der Waals surface area contributed by atoms with Crippen LogP contribution in [0.25, 0.3) is 0 Å². The summed E-state index contributed by atoms with van der Waals surface area (Å²) in [4.78, 5) is 36.0. The van der Waals surface area contributed by atoms with Gasteiger partial charge < -0.3 is 19.3 Å². The monoisotopic (exact) mass is 366 g/mol. The average Bonchev–Trinajstić information content (AvgIpc) is 3.08. The molecule has 1 N–H and O–H groups in total. The minimum atomic E-state index is -2.02. The van der Waals surface area contributed by atoms with Crippen molar-refractivity contribution in [3.05, 3.63) is 11.6 Å². The number of rotatable bonds is 3. The molecule has 0 radical (unpaired) electrons. The van der Waals surface area contributed by atoms with Crippen LogP contribution in [0.3, 0.4) is 0 Å². The maximum atomic E-state index is 12.5. The third-order valence-electron chi connectivity index (χ3n) is 5.63. The van der Waals surface area contributed by atoms with E-state index in [0.717, 1.165) is 18.4 Å². The number of aliphatic hydroxyl groups is 1. The number of carbonyl (C=O) groups is 3. The molecule has 2 saturated heterocycles. The highest BCUT2D eigenvalue weighted by atomic mass is 16.7.